The van der Waals surface area contributed by atoms with Crippen LogP contribution in [0, 0.1) is 0 Å². The van der Waals surface area contributed by atoms with Gasteiger partial charge in [0.25, 0.3) is 0 Å². The van der Waals surface area contributed by atoms with Crippen LogP contribution in [0.5, 0.6) is 0 Å². The summed E-state index contributed by atoms with van der Waals surface area (Å²) >= 11 is 0. The van der Waals surface area contributed by atoms with Gasteiger partial charge in [-0.2, -0.15) is 0 Å². The van der Waals surface area contributed by atoms with Crippen molar-refractivity contribution in [2.24, 2.45) is 0 Å². The Kier molecular flexibility index (Phi) is 3.49. The van der Waals surface area contributed by atoms with E-state index in [-0.39, 0.29) is 12.4 Å². The van der Waals surface area contributed by atoms with Crippen molar-refractivity contribution in [3.63, 3.8) is 0 Å². The van der Waals surface area contributed by atoms with Crippen LogP contribution in [0.15, 0.2) is 12.4 Å². The number of hydrogen-bond donors (Lipinski definition) is 1. The second-order valence-corrected chi connectivity index (χ2v) is 2.92. The Labute approximate surface area is 77.7 Å². The van der Waals surface area contributed by atoms with E-state index >= 15 is 0 Å². The topological polar surface area (TPSA) is 42.7 Å². The van der Waals surface area contributed by atoms with Crippen molar-refractivity contribution >= 4 is 12.4 Å². The van der Waals surface area contributed by atoms with Gasteiger partial charge in [0.05, 0.1) is 12.7 Å². The second kappa shape index (κ2) is 4.42. The fourth-order valence-corrected chi connectivity index (χ4v) is 1.47. The lowest BCUT2D eigenvalue weighted by atomic mass is 10.2. The standard InChI is InChI=1S/C7H12N4.ClH/c1-2-7(8-3-1)6-11-5-4-9-10-11;/h4-5,7-8H,1-3,6H2;1H. The predicted octanol–water partition coefficient (Wildman–Crippen LogP) is 0.452. The Morgan fingerprint density at radius 3 is 3.08 bits per heavy atom. The van der Waals surface area contributed by atoms with Gasteiger partial charge in [-0.05, 0) is 19.4 Å². The number of aromatic nitrogens is 3. The second-order valence-electron chi connectivity index (χ2n) is 2.92. The van der Waals surface area contributed by atoms with Crippen molar-refractivity contribution in [1.29, 1.82) is 0 Å². The van der Waals surface area contributed by atoms with Crippen LogP contribution in [-0.4, -0.2) is 27.6 Å². The molecular formula is C7H13ClN4. The van der Waals surface area contributed by atoms with Gasteiger partial charge in [-0.15, -0.1) is 17.5 Å². The van der Waals surface area contributed by atoms with E-state index in [0.29, 0.717) is 6.04 Å². The zero-order valence-corrected chi connectivity index (χ0v) is 7.63. The summed E-state index contributed by atoms with van der Waals surface area (Å²) in [4.78, 5) is 0. The quantitative estimate of drug-likeness (QED) is 0.733. The minimum atomic E-state index is 0. The highest BCUT2D eigenvalue weighted by Gasteiger charge is 2.13. The normalized spacial score (nSPS) is 22.2. The molecule has 1 aliphatic rings. The molecule has 68 valence electrons. The molecule has 2 rings (SSSR count). The Hall–Kier alpha value is -0.610. The first-order valence-electron chi connectivity index (χ1n) is 4.02. The zero-order valence-electron chi connectivity index (χ0n) is 6.81. The van der Waals surface area contributed by atoms with Gasteiger partial charge in [-0.1, -0.05) is 5.21 Å². The third-order valence-corrected chi connectivity index (χ3v) is 2.04. The van der Waals surface area contributed by atoms with Gasteiger partial charge < -0.3 is 5.32 Å². The largest absolute Gasteiger partial charge is 0.312 e. The average Bonchev–Trinajstić information content (AvgIpc) is 2.60. The monoisotopic (exact) mass is 188 g/mol. The summed E-state index contributed by atoms with van der Waals surface area (Å²) < 4.78 is 1.88. The van der Waals surface area contributed by atoms with Crippen LogP contribution in [0.25, 0.3) is 0 Å². The van der Waals surface area contributed by atoms with Gasteiger partial charge >= 0.3 is 0 Å². The minimum Gasteiger partial charge on any atom is -0.312 e. The third kappa shape index (κ3) is 2.19. The lowest BCUT2D eigenvalue weighted by Crippen LogP contribution is -2.26. The fraction of sp³-hybridized carbons (Fsp3) is 0.714. The van der Waals surface area contributed by atoms with E-state index in [1.165, 1.54) is 12.8 Å². The molecule has 0 radical (unpaired) electrons. The molecule has 0 spiro atoms. The molecule has 0 aliphatic carbocycles. The predicted molar refractivity (Wildman–Crippen MR) is 48.3 cm³/mol. The molecule has 1 aromatic heterocycles. The van der Waals surface area contributed by atoms with Crippen molar-refractivity contribution in [2.45, 2.75) is 25.4 Å². The molecule has 1 fully saturated rings. The van der Waals surface area contributed by atoms with E-state index in [4.69, 9.17) is 0 Å². The molecule has 4 nitrogen and oxygen atoms in total. The van der Waals surface area contributed by atoms with Crippen LogP contribution in [0.1, 0.15) is 12.8 Å². The maximum absolute atomic E-state index is 3.91. The van der Waals surface area contributed by atoms with Gasteiger partial charge in [0, 0.05) is 12.2 Å². The summed E-state index contributed by atoms with van der Waals surface area (Å²) in [6.07, 6.45) is 6.17. The molecule has 0 saturated carbocycles. The molecule has 1 N–H and O–H groups in total. The first-order valence-corrected chi connectivity index (χ1v) is 4.02. The van der Waals surface area contributed by atoms with Gasteiger partial charge in [-0.25, -0.2) is 0 Å². The molecule has 12 heavy (non-hydrogen) atoms. The number of hydrogen-bond acceptors (Lipinski definition) is 3. The summed E-state index contributed by atoms with van der Waals surface area (Å²) in [5, 5.41) is 11.1. The molecule has 0 aromatic carbocycles. The lowest BCUT2D eigenvalue weighted by molar-refractivity contribution is 0.466. The number of nitrogens with one attached hydrogen (secondary N) is 1. The van der Waals surface area contributed by atoms with Crippen LogP contribution in [0.2, 0.25) is 0 Å². The van der Waals surface area contributed by atoms with E-state index in [9.17, 15) is 0 Å². The van der Waals surface area contributed by atoms with Crippen LogP contribution < -0.4 is 5.32 Å². The van der Waals surface area contributed by atoms with Gasteiger partial charge in [-0.3, -0.25) is 4.68 Å². The fourth-order valence-electron chi connectivity index (χ4n) is 1.47. The molecule has 1 aromatic rings. The zero-order chi connectivity index (χ0) is 7.52. The Morgan fingerprint density at radius 2 is 2.50 bits per heavy atom. The highest BCUT2D eigenvalue weighted by atomic mass is 35.5. The number of nitrogens with zero attached hydrogens (tertiary/aromatic N) is 3. The summed E-state index contributed by atoms with van der Waals surface area (Å²) in [6, 6.07) is 0.608. The van der Waals surface area contributed by atoms with Crippen molar-refractivity contribution < 1.29 is 0 Å². The highest BCUT2D eigenvalue weighted by molar-refractivity contribution is 5.85. The molecule has 1 unspecified atom stereocenters. The van der Waals surface area contributed by atoms with E-state index in [1.54, 1.807) is 6.20 Å². The van der Waals surface area contributed by atoms with Crippen LogP contribution in [0.4, 0.5) is 0 Å². The van der Waals surface area contributed by atoms with Gasteiger partial charge in [0.2, 0.25) is 0 Å². The van der Waals surface area contributed by atoms with Crippen molar-refractivity contribution in [3.05, 3.63) is 12.4 Å². The number of halogens is 1. The summed E-state index contributed by atoms with van der Waals surface area (Å²) in [7, 11) is 0. The Morgan fingerprint density at radius 1 is 1.58 bits per heavy atom. The van der Waals surface area contributed by atoms with E-state index in [1.807, 2.05) is 10.9 Å². The SMILES string of the molecule is Cl.c1cn(CC2CCCN2)nn1. The molecule has 0 bridgehead atoms. The number of rotatable bonds is 2. The summed E-state index contributed by atoms with van der Waals surface area (Å²) in [5.41, 5.74) is 0. The Balaban J connectivity index is 0.000000720. The maximum Gasteiger partial charge on any atom is 0.0692 e. The molecule has 1 aliphatic heterocycles. The molecule has 1 atom stereocenters. The van der Waals surface area contributed by atoms with E-state index < -0.39 is 0 Å². The molecule has 2 heterocycles. The van der Waals surface area contributed by atoms with E-state index in [2.05, 4.69) is 15.6 Å². The van der Waals surface area contributed by atoms with Crippen molar-refractivity contribution in [2.75, 3.05) is 6.54 Å². The Bertz CT molecular complexity index is 205. The van der Waals surface area contributed by atoms with Crippen LogP contribution >= 0.6 is 12.4 Å². The van der Waals surface area contributed by atoms with Crippen LogP contribution in [-0.2, 0) is 6.54 Å². The molecule has 1 saturated heterocycles. The summed E-state index contributed by atoms with van der Waals surface area (Å²) in [6.45, 7) is 2.11. The third-order valence-electron chi connectivity index (χ3n) is 2.04. The maximum atomic E-state index is 3.91. The smallest absolute Gasteiger partial charge is 0.0692 e. The highest BCUT2D eigenvalue weighted by Crippen LogP contribution is 2.05. The first kappa shape index (κ1) is 9.48. The van der Waals surface area contributed by atoms with Gasteiger partial charge in [0.15, 0.2) is 0 Å². The molecular weight excluding hydrogens is 176 g/mol. The van der Waals surface area contributed by atoms with Crippen molar-refractivity contribution in [3.8, 4) is 0 Å². The molecule has 5 heteroatoms. The first-order chi connectivity index (χ1) is 5.45. The van der Waals surface area contributed by atoms with E-state index in [0.717, 1.165) is 13.1 Å². The van der Waals surface area contributed by atoms with Crippen LogP contribution in [0.3, 0.4) is 0 Å². The molecule has 0 amide bonds. The summed E-state index contributed by atoms with van der Waals surface area (Å²) in [5.74, 6) is 0. The van der Waals surface area contributed by atoms with Gasteiger partial charge in [0.1, 0.15) is 0 Å². The lowest BCUT2D eigenvalue weighted by Gasteiger charge is -2.08. The average molecular weight is 189 g/mol. The van der Waals surface area contributed by atoms with Crippen molar-refractivity contribution in [1.82, 2.24) is 20.3 Å². The minimum absolute atomic E-state index is 0.